The molecule has 1 aliphatic rings. The van der Waals surface area contributed by atoms with Gasteiger partial charge in [0.05, 0.1) is 5.56 Å². The smallest absolute Gasteiger partial charge is 0.255 e. The van der Waals surface area contributed by atoms with Gasteiger partial charge in [-0.1, -0.05) is 18.2 Å². The second-order valence-corrected chi connectivity index (χ2v) is 5.30. The Hall–Kier alpha value is -2.36. The highest BCUT2D eigenvalue weighted by Gasteiger charge is 2.22. The molecule has 3 rings (SSSR count). The highest BCUT2D eigenvalue weighted by atomic mass is 16.2. The fourth-order valence-corrected chi connectivity index (χ4v) is 2.58. The molecule has 1 aliphatic heterocycles. The lowest BCUT2D eigenvalue weighted by molar-refractivity contribution is 0.0746. The number of benzene rings is 1. The first-order valence-electron chi connectivity index (χ1n) is 7.26. The van der Waals surface area contributed by atoms with E-state index in [4.69, 9.17) is 0 Å². The molecule has 0 unspecified atom stereocenters. The molecule has 0 N–H and O–H groups in total. The van der Waals surface area contributed by atoms with E-state index < -0.39 is 0 Å². The second kappa shape index (κ2) is 5.95. The van der Waals surface area contributed by atoms with Gasteiger partial charge in [-0.15, -0.1) is 0 Å². The Morgan fingerprint density at radius 2 is 1.71 bits per heavy atom. The Bertz CT molecular complexity index is 602. The third-order valence-corrected chi connectivity index (χ3v) is 3.85. The molecular formula is C17H19N3O. The van der Waals surface area contributed by atoms with E-state index in [9.17, 15) is 4.79 Å². The van der Waals surface area contributed by atoms with Gasteiger partial charge in [0.2, 0.25) is 0 Å². The summed E-state index contributed by atoms with van der Waals surface area (Å²) in [6.07, 6.45) is 1.67. The topological polar surface area (TPSA) is 36.4 Å². The summed E-state index contributed by atoms with van der Waals surface area (Å²) in [5.74, 6) is 0.0789. The summed E-state index contributed by atoms with van der Waals surface area (Å²) in [6, 6.07) is 14.1. The maximum absolute atomic E-state index is 12.4. The van der Waals surface area contributed by atoms with Crippen LogP contribution in [0.25, 0.3) is 0 Å². The van der Waals surface area contributed by atoms with Crippen LogP contribution in [-0.4, -0.2) is 42.0 Å². The van der Waals surface area contributed by atoms with Crippen LogP contribution in [0.4, 0.5) is 5.69 Å². The Morgan fingerprint density at radius 3 is 2.33 bits per heavy atom. The fourth-order valence-electron chi connectivity index (χ4n) is 2.58. The molecule has 0 atom stereocenters. The molecule has 4 heteroatoms. The van der Waals surface area contributed by atoms with Crippen molar-refractivity contribution in [2.45, 2.75) is 6.92 Å². The number of hydrogen-bond acceptors (Lipinski definition) is 3. The van der Waals surface area contributed by atoms with Crippen LogP contribution in [-0.2, 0) is 0 Å². The zero-order valence-electron chi connectivity index (χ0n) is 12.2. The van der Waals surface area contributed by atoms with Crippen molar-refractivity contribution in [1.82, 2.24) is 9.88 Å². The fraction of sp³-hybridized carbons (Fsp3) is 0.294. The molecule has 0 saturated carbocycles. The Morgan fingerprint density at radius 1 is 1.00 bits per heavy atom. The minimum atomic E-state index is 0.0789. The van der Waals surface area contributed by atoms with Gasteiger partial charge in [0.25, 0.3) is 5.91 Å². The summed E-state index contributed by atoms with van der Waals surface area (Å²) < 4.78 is 0. The summed E-state index contributed by atoms with van der Waals surface area (Å²) >= 11 is 0. The van der Waals surface area contributed by atoms with Crippen LogP contribution in [0.15, 0.2) is 48.7 Å². The first kappa shape index (κ1) is 13.6. The third kappa shape index (κ3) is 3.05. The molecule has 0 radical (unpaired) electrons. The van der Waals surface area contributed by atoms with E-state index in [0.29, 0.717) is 5.56 Å². The van der Waals surface area contributed by atoms with E-state index in [2.05, 4.69) is 22.0 Å². The third-order valence-electron chi connectivity index (χ3n) is 3.85. The Kier molecular flexibility index (Phi) is 3.86. The van der Waals surface area contributed by atoms with Crippen LogP contribution < -0.4 is 4.90 Å². The summed E-state index contributed by atoms with van der Waals surface area (Å²) in [6.45, 7) is 5.17. The first-order chi connectivity index (χ1) is 10.2. The summed E-state index contributed by atoms with van der Waals surface area (Å²) in [5.41, 5.74) is 2.83. The number of amides is 1. The second-order valence-electron chi connectivity index (χ2n) is 5.30. The van der Waals surface area contributed by atoms with Crippen molar-refractivity contribution in [2.24, 2.45) is 0 Å². The lowest BCUT2D eigenvalue weighted by atomic mass is 10.2. The van der Waals surface area contributed by atoms with Gasteiger partial charge in [0, 0.05) is 43.8 Å². The number of aryl methyl sites for hydroxylation is 1. The van der Waals surface area contributed by atoms with E-state index in [1.807, 2.05) is 42.2 Å². The number of carbonyl (C=O) groups excluding carboxylic acids is 1. The monoisotopic (exact) mass is 281 g/mol. The average Bonchev–Trinajstić information content (AvgIpc) is 2.56. The predicted octanol–water partition coefficient (Wildman–Crippen LogP) is 2.35. The lowest BCUT2D eigenvalue weighted by Gasteiger charge is -2.36. The van der Waals surface area contributed by atoms with Crippen LogP contribution in [0.1, 0.15) is 16.1 Å². The molecule has 2 heterocycles. The molecule has 0 spiro atoms. The molecule has 1 amide bonds. The van der Waals surface area contributed by atoms with Crippen LogP contribution in [0, 0.1) is 6.92 Å². The van der Waals surface area contributed by atoms with Crippen molar-refractivity contribution in [2.75, 3.05) is 31.1 Å². The van der Waals surface area contributed by atoms with Gasteiger partial charge in [0.15, 0.2) is 0 Å². The quantitative estimate of drug-likeness (QED) is 0.848. The maximum Gasteiger partial charge on any atom is 0.255 e. The molecule has 4 nitrogen and oxygen atoms in total. The highest BCUT2D eigenvalue weighted by Crippen LogP contribution is 2.16. The van der Waals surface area contributed by atoms with Gasteiger partial charge >= 0.3 is 0 Å². The van der Waals surface area contributed by atoms with Gasteiger partial charge in [-0.2, -0.15) is 0 Å². The molecule has 2 aromatic rings. The van der Waals surface area contributed by atoms with E-state index in [1.165, 1.54) is 5.69 Å². The molecule has 21 heavy (non-hydrogen) atoms. The van der Waals surface area contributed by atoms with E-state index in [-0.39, 0.29) is 5.91 Å². The number of pyridine rings is 1. The number of para-hydroxylation sites is 1. The van der Waals surface area contributed by atoms with E-state index in [0.717, 1.165) is 31.9 Å². The van der Waals surface area contributed by atoms with E-state index in [1.54, 1.807) is 6.20 Å². The number of piperazine rings is 1. The number of aromatic nitrogens is 1. The summed E-state index contributed by atoms with van der Waals surface area (Å²) in [5, 5.41) is 0. The predicted molar refractivity (Wildman–Crippen MR) is 83.5 cm³/mol. The van der Waals surface area contributed by atoms with Gasteiger partial charge in [0.1, 0.15) is 0 Å². The van der Waals surface area contributed by atoms with Gasteiger partial charge in [-0.3, -0.25) is 9.78 Å². The molecule has 1 saturated heterocycles. The van der Waals surface area contributed by atoms with Gasteiger partial charge in [-0.05, 0) is 31.2 Å². The van der Waals surface area contributed by atoms with Crippen LogP contribution in [0.2, 0.25) is 0 Å². The van der Waals surface area contributed by atoms with Gasteiger partial charge < -0.3 is 9.80 Å². The van der Waals surface area contributed by atoms with Crippen LogP contribution in [0.5, 0.6) is 0 Å². The lowest BCUT2D eigenvalue weighted by Crippen LogP contribution is -2.48. The summed E-state index contributed by atoms with van der Waals surface area (Å²) in [4.78, 5) is 20.8. The maximum atomic E-state index is 12.4. The Labute approximate surface area is 125 Å². The van der Waals surface area contributed by atoms with Crippen molar-refractivity contribution in [1.29, 1.82) is 0 Å². The molecule has 0 bridgehead atoms. The van der Waals surface area contributed by atoms with Gasteiger partial charge in [-0.25, -0.2) is 0 Å². The highest BCUT2D eigenvalue weighted by molar-refractivity contribution is 5.94. The minimum absolute atomic E-state index is 0.0789. The van der Waals surface area contributed by atoms with E-state index >= 15 is 0 Å². The van der Waals surface area contributed by atoms with Crippen molar-refractivity contribution < 1.29 is 4.79 Å². The number of rotatable bonds is 2. The van der Waals surface area contributed by atoms with Crippen LogP contribution >= 0.6 is 0 Å². The van der Waals surface area contributed by atoms with Crippen molar-refractivity contribution in [3.05, 3.63) is 59.9 Å². The minimum Gasteiger partial charge on any atom is -0.368 e. The Balaban J connectivity index is 1.63. The molecule has 1 fully saturated rings. The number of anilines is 1. The zero-order valence-corrected chi connectivity index (χ0v) is 12.2. The molecule has 1 aromatic heterocycles. The van der Waals surface area contributed by atoms with Crippen molar-refractivity contribution in [3.8, 4) is 0 Å². The van der Waals surface area contributed by atoms with Crippen molar-refractivity contribution >= 4 is 11.6 Å². The standard InChI is InChI=1S/C17H19N3O/c1-14-7-8-15(13-18-14)17(21)20-11-9-19(10-12-20)16-5-3-2-4-6-16/h2-8,13H,9-12H2,1H3. The molecule has 1 aromatic carbocycles. The zero-order chi connectivity index (χ0) is 14.7. The number of carbonyl (C=O) groups is 1. The molecule has 0 aliphatic carbocycles. The average molecular weight is 281 g/mol. The largest absolute Gasteiger partial charge is 0.368 e. The SMILES string of the molecule is Cc1ccc(C(=O)N2CCN(c3ccccc3)CC2)cn1. The normalized spacial score (nSPS) is 15.1. The molecular weight excluding hydrogens is 262 g/mol. The number of hydrogen-bond donors (Lipinski definition) is 0. The first-order valence-corrected chi connectivity index (χ1v) is 7.26. The number of nitrogens with zero attached hydrogens (tertiary/aromatic N) is 3. The van der Waals surface area contributed by atoms with Crippen LogP contribution in [0.3, 0.4) is 0 Å². The van der Waals surface area contributed by atoms with Crippen molar-refractivity contribution in [3.63, 3.8) is 0 Å². The molecule has 108 valence electrons. The summed E-state index contributed by atoms with van der Waals surface area (Å²) in [7, 11) is 0.